The minimum Gasteiger partial charge on any atom is -0.479 e. The fourth-order valence-corrected chi connectivity index (χ4v) is 1.52. The van der Waals surface area contributed by atoms with Crippen molar-refractivity contribution in [2.45, 2.75) is 18.6 Å². The first kappa shape index (κ1) is 11.2. The Balaban J connectivity index is 2.02. The van der Waals surface area contributed by atoms with Crippen LogP contribution >= 0.6 is 11.6 Å². The van der Waals surface area contributed by atoms with Crippen LogP contribution < -0.4 is 0 Å². The van der Waals surface area contributed by atoms with Gasteiger partial charge in [0.2, 0.25) is 0 Å². The first-order chi connectivity index (χ1) is 7.52. The Kier molecular flexibility index (Phi) is 2.74. The summed E-state index contributed by atoms with van der Waals surface area (Å²) in [4.78, 5) is 10.8. The summed E-state index contributed by atoms with van der Waals surface area (Å²) in [7, 11) is 0. The van der Waals surface area contributed by atoms with Crippen LogP contribution in [0.15, 0.2) is 30.3 Å². The smallest absolute Gasteiger partial charge is 0.338 e. The van der Waals surface area contributed by atoms with Crippen molar-refractivity contribution in [1.29, 1.82) is 0 Å². The summed E-state index contributed by atoms with van der Waals surface area (Å²) in [5, 5.41) is 9.52. The average Bonchev–Trinajstić information content (AvgIpc) is 2.91. The van der Waals surface area contributed by atoms with Gasteiger partial charge in [-0.1, -0.05) is 35.9 Å². The Bertz CT molecular complexity index is 438. The number of hydrogen-bond acceptors (Lipinski definition) is 2. The molecule has 0 amide bonds. The molecule has 0 bridgehead atoms. The molecule has 1 aromatic rings. The van der Waals surface area contributed by atoms with Gasteiger partial charge in [0.1, 0.15) is 6.10 Å². The highest BCUT2D eigenvalue weighted by atomic mass is 35.5. The highest BCUT2D eigenvalue weighted by Gasteiger charge is 2.57. The standard InChI is InChI=1S/C12H11ClO3/c1-12(11(14)15)10(16-12)7-4-8-2-5-9(13)6-3-8/h2-7,10H,1H3,(H,14,15)/b7-4-. The van der Waals surface area contributed by atoms with Crippen molar-refractivity contribution < 1.29 is 14.6 Å². The maximum Gasteiger partial charge on any atom is 0.338 e. The third-order valence-corrected chi connectivity index (χ3v) is 2.87. The summed E-state index contributed by atoms with van der Waals surface area (Å²) in [6.45, 7) is 1.56. The Morgan fingerprint density at radius 1 is 1.50 bits per heavy atom. The normalized spacial score (nSPS) is 28.2. The lowest BCUT2D eigenvalue weighted by Crippen LogP contribution is -2.21. The molecule has 0 aliphatic carbocycles. The Morgan fingerprint density at radius 2 is 2.12 bits per heavy atom. The molecule has 2 unspecified atom stereocenters. The number of aliphatic carboxylic acids is 1. The summed E-state index contributed by atoms with van der Waals surface area (Å²) in [5.74, 6) is -0.932. The number of ether oxygens (including phenoxy) is 1. The number of carbonyl (C=O) groups is 1. The molecule has 1 N–H and O–H groups in total. The van der Waals surface area contributed by atoms with Crippen LogP contribution in [0.4, 0.5) is 0 Å². The molecule has 2 atom stereocenters. The van der Waals surface area contributed by atoms with Crippen LogP contribution in [0, 0.1) is 0 Å². The SMILES string of the molecule is CC1(C(=O)O)OC1/C=C\c1ccc(Cl)cc1. The minimum atomic E-state index is -1.05. The van der Waals surface area contributed by atoms with Gasteiger partial charge in [0.05, 0.1) is 0 Å². The first-order valence-corrected chi connectivity index (χ1v) is 5.25. The third kappa shape index (κ3) is 2.10. The number of benzene rings is 1. The molecule has 1 aliphatic heterocycles. The van der Waals surface area contributed by atoms with Crippen LogP contribution in [0.25, 0.3) is 6.08 Å². The van der Waals surface area contributed by atoms with Gasteiger partial charge < -0.3 is 9.84 Å². The second kappa shape index (κ2) is 3.92. The number of rotatable bonds is 3. The zero-order valence-corrected chi connectivity index (χ0v) is 9.44. The van der Waals surface area contributed by atoms with E-state index in [0.29, 0.717) is 5.02 Å². The van der Waals surface area contributed by atoms with Crippen LogP contribution in [0.3, 0.4) is 0 Å². The quantitative estimate of drug-likeness (QED) is 0.824. The largest absolute Gasteiger partial charge is 0.479 e. The van der Waals surface area contributed by atoms with Crippen molar-refractivity contribution in [2.75, 3.05) is 0 Å². The van der Waals surface area contributed by atoms with Crippen LogP contribution in [0.2, 0.25) is 5.02 Å². The van der Waals surface area contributed by atoms with Gasteiger partial charge in [-0.15, -0.1) is 0 Å². The van der Waals surface area contributed by atoms with Gasteiger partial charge in [-0.3, -0.25) is 0 Å². The summed E-state index contributed by atoms with van der Waals surface area (Å²) in [6.07, 6.45) is 3.23. The average molecular weight is 239 g/mol. The molecule has 4 heteroatoms. The van der Waals surface area contributed by atoms with Gasteiger partial charge >= 0.3 is 5.97 Å². The molecule has 1 aromatic carbocycles. The molecule has 0 spiro atoms. The lowest BCUT2D eigenvalue weighted by Gasteiger charge is -1.95. The van der Waals surface area contributed by atoms with Crippen LogP contribution in [-0.4, -0.2) is 22.8 Å². The van der Waals surface area contributed by atoms with E-state index in [0.717, 1.165) is 5.56 Å². The molecule has 1 heterocycles. The molecule has 84 valence electrons. The van der Waals surface area contributed by atoms with Gasteiger partial charge in [-0.05, 0) is 24.6 Å². The Morgan fingerprint density at radius 3 is 2.62 bits per heavy atom. The van der Waals surface area contributed by atoms with Gasteiger partial charge in [-0.25, -0.2) is 4.79 Å². The Hall–Kier alpha value is -1.32. The van der Waals surface area contributed by atoms with Crippen molar-refractivity contribution in [3.05, 3.63) is 40.9 Å². The minimum absolute atomic E-state index is 0.347. The number of carboxylic acid groups (broad SMARTS) is 1. The molecule has 1 saturated heterocycles. The van der Waals surface area contributed by atoms with Gasteiger partial charge in [0.15, 0.2) is 5.60 Å². The third-order valence-electron chi connectivity index (χ3n) is 2.62. The van der Waals surface area contributed by atoms with Crippen molar-refractivity contribution >= 4 is 23.6 Å². The van der Waals surface area contributed by atoms with E-state index in [1.54, 1.807) is 25.1 Å². The van der Waals surface area contributed by atoms with E-state index in [4.69, 9.17) is 21.4 Å². The van der Waals surface area contributed by atoms with Gasteiger partial charge in [0.25, 0.3) is 0 Å². The molecule has 0 radical (unpaired) electrons. The Labute approximate surface area is 98.3 Å². The summed E-state index contributed by atoms with van der Waals surface area (Å²) < 4.78 is 5.10. The van der Waals surface area contributed by atoms with E-state index in [1.807, 2.05) is 18.2 Å². The lowest BCUT2D eigenvalue weighted by molar-refractivity contribution is -0.142. The molecule has 1 fully saturated rings. The molecular weight excluding hydrogens is 228 g/mol. The van der Waals surface area contributed by atoms with E-state index < -0.39 is 11.6 Å². The van der Waals surface area contributed by atoms with E-state index in [1.165, 1.54) is 0 Å². The zero-order valence-electron chi connectivity index (χ0n) is 8.68. The predicted molar refractivity (Wildman–Crippen MR) is 61.4 cm³/mol. The second-order valence-corrected chi connectivity index (χ2v) is 4.30. The highest BCUT2D eigenvalue weighted by Crippen LogP contribution is 2.37. The number of hydrogen-bond donors (Lipinski definition) is 1. The van der Waals surface area contributed by atoms with Crippen LogP contribution in [0.1, 0.15) is 12.5 Å². The molecule has 3 nitrogen and oxygen atoms in total. The number of epoxide rings is 1. The van der Waals surface area contributed by atoms with Crippen molar-refractivity contribution in [1.82, 2.24) is 0 Å². The summed E-state index contributed by atoms with van der Waals surface area (Å²) >= 11 is 5.75. The molecule has 2 rings (SSSR count). The van der Waals surface area contributed by atoms with Crippen LogP contribution in [0.5, 0.6) is 0 Å². The van der Waals surface area contributed by atoms with E-state index in [-0.39, 0.29) is 6.10 Å². The monoisotopic (exact) mass is 238 g/mol. The van der Waals surface area contributed by atoms with Gasteiger partial charge in [0, 0.05) is 5.02 Å². The fraction of sp³-hybridized carbons (Fsp3) is 0.250. The summed E-state index contributed by atoms with van der Waals surface area (Å²) in [6, 6.07) is 7.29. The van der Waals surface area contributed by atoms with Gasteiger partial charge in [-0.2, -0.15) is 0 Å². The lowest BCUT2D eigenvalue weighted by atomic mass is 10.1. The van der Waals surface area contributed by atoms with Crippen molar-refractivity contribution in [3.8, 4) is 0 Å². The fourth-order valence-electron chi connectivity index (χ4n) is 1.40. The second-order valence-electron chi connectivity index (χ2n) is 3.86. The molecular formula is C12H11ClO3. The maximum atomic E-state index is 10.8. The highest BCUT2D eigenvalue weighted by molar-refractivity contribution is 6.30. The summed E-state index contributed by atoms with van der Waals surface area (Å²) in [5.41, 5.74) is -0.0872. The topological polar surface area (TPSA) is 49.8 Å². The number of carboxylic acids is 1. The van der Waals surface area contributed by atoms with Crippen LogP contribution in [-0.2, 0) is 9.53 Å². The van der Waals surface area contributed by atoms with Crippen molar-refractivity contribution in [3.63, 3.8) is 0 Å². The maximum absolute atomic E-state index is 10.8. The molecule has 16 heavy (non-hydrogen) atoms. The van der Waals surface area contributed by atoms with E-state index in [9.17, 15) is 4.79 Å². The first-order valence-electron chi connectivity index (χ1n) is 4.87. The molecule has 0 aromatic heterocycles. The predicted octanol–water partition coefficient (Wildman–Crippen LogP) is 2.60. The van der Waals surface area contributed by atoms with Crippen molar-refractivity contribution in [2.24, 2.45) is 0 Å². The van der Waals surface area contributed by atoms with E-state index >= 15 is 0 Å². The molecule has 0 saturated carbocycles. The van der Waals surface area contributed by atoms with E-state index in [2.05, 4.69) is 0 Å². The molecule has 1 aliphatic rings. The zero-order chi connectivity index (χ0) is 11.8. The number of halogens is 1.